The SMILES string of the molecule is C1=c2c([nH]c3ccccc23)=C2CCCCC2C1. The van der Waals surface area contributed by atoms with E-state index < -0.39 is 0 Å². The molecule has 0 radical (unpaired) electrons. The molecule has 2 aliphatic carbocycles. The maximum atomic E-state index is 3.65. The molecule has 0 saturated heterocycles. The Balaban J connectivity index is 2.13. The van der Waals surface area contributed by atoms with E-state index in [0.29, 0.717) is 0 Å². The summed E-state index contributed by atoms with van der Waals surface area (Å²) < 4.78 is 0. The van der Waals surface area contributed by atoms with Crippen molar-refractivity contribution in [3.05, 3.63) is 34.8 Å². The van der Waals surface area contributed by atoms with Crippen LogP contribution in [0.1, 0.15) is 32.1 Å². The first-order chi connectivity index (χ1) is 8.43. The van der Waals surface area contributed by atoms with Crippen molar-refractivity contribution in [1.82, 2.24) is 4.98 Å². The number of aromatic nitrogens is 1. The number of para-hydroxylation sites is 1. The highest BCUT2D eigenvalue weighted by Gasteiger charge is 2.22. The quantitative estimate of drug-likeness (QED) is 0.707. The third kappa shape index (κ3) is 1.32. The number of aromatic amines is 1. The predicted octanol–water partition coefficient (Wildman–Crippen LogP) is 2.69. The van der Waals surface area contributed by atoms with Gasteiger partial charge in [0.25, 0.3) is 0 Å². The third-order valence-electron chi connectivity index (χ3n) is 4.42. The summed E-state index contributed by atoms with van der Waals surface area (Å²) in [6.45, 7) is 0. The van der Waals surface area contributed by atoms with Crippen LogP contribution < -0.4 is 10.6 Å². The molecule has 1 saturated carbocycles. The van der Waals surface area contributed by atoms with Gasteiger partial charge in [0, 0.05) is 21.5 Å². The summed E-state index contributed by atoms with van der Waals surface area (Å²) >= 11 is 0. The Morgan fingerprint density at radius 2 is 2.06 bits per heavy atom. The van der Waals surface area contributed by atoms with Gasteiger partial charge in [-0.2, -0.15) is 0 Å². The minimum Gasteiger partial charge on any atom is -0.355 e. The highest BCUT2D eigenvalue weighted by atomic mass is 14.7. The van der Waals surface area contributed by atoms with Crippen LogP contribution >= 0.6 is 0 Å². The van der Waals surface area contributed by atoms with E-state index in [9.17, 15) is 0 Å². The van der Waals surface area contributed by atoms with E-state index >= 15 is 0 Å². The van der Waals surface area contributed by atoms with Crippen molar-refractivity contribution in [2.24, 2.45) is 5.92 Å². The lowest BCUT2D eigenvalue weighted by molar-refractivity contribution is 0.507. The minimum absolute atomic E-state index is 0.823. The normalized spacial score (nSPS) is 23.1. The van der Waals surface area contributed by atoms with Gasteiger partial charge >= 0.3 is 0 Å². The van der Waals surface area contributed by atoms with Crippen molar-refractivity contribution in [3.63, 3.8) is 0 Å². The van der Waals surface area contributed by atoms with E-state index in [2.05, 4.69) is 35.3 Å². The van der Waals surface area contributed by atoms with E-state index in [1.54, 1.807) is 5.57 Å². The first kappa shape index (κ1) is 9.52. The molecular formula is C16H17N. The zero-order valence-corrected chi connectivity index (χ0v) is 10.00. The molecule has 1 aromatic carbocycles. The van der Waals surface area contributed by atoms with Gasteiger partial charge in [0.05, 0.1) is 0 Å². The van der Waals surface area contributed by atoms with E-state index in [1.165, 1.54) is 53.6 Å². The number of nitrogens with one attached hydrogen (secondary N) is 1. The molecule has 1 heterocycles. The average molecular weight is 223 g/mol. The van der Waals surface area contributed by atoms with Gasteiger partial charge in [-0.15, -0.1) is 0 Å². The summed E-state index contributed by atoms with van der Waals surface area (Å²) in [5.74, 6) is 0.823. The molecule has 4 rings (SSSR count). The van der Waals surface area contributed by atoms with Crippen LogP contribution in [0.2, 0.25) is 0 Å². The Morgan fingerprint density at radius 1 is 1.12 bits per heavy atom. The second-order valence-corrected chi connectivity index (χ2v) is 5.37. The largest absolute Gasteiger partial charge is 0.355 e. The molecule has 17 heavy (non-hydrogen) atoms. The van der Waals surface area contributed by atoms with Gasteiger partial charge in [0.1, 0.15) is 0 Å². The Bertz CT molecular complexity index is 690. The molecule has 1 atom stereocenters. The first-order valence-corrected chi connectivity index (χ1v) is 6.73. The van der Waals surface area contributed by atoms with Crippen LogP contribution in [-0.4, -0.2) is 4.98 Å². The molecular weight excluding hydrogens is 206 g/mol. The third-order valence-corrected chi connectivity index (χ3v) is 4.42. The Hall–Kier alpha value is -1.50. The Kier molecular flexibility index (Phi) is 1.96. The fraction of sp³-hybridized carbons (Fsp3) is 0.375. The first-order valence-electron chi connectivity index (χ1n) is 6.73. The zero-order valence-electron chi connectivity index (χ0n) is 10.00. The van der Waals surface area contributed by atoms with Crippen molar-refractivity contribution < 1.29 is 0 Å². The minimum atomic E-state index is 0.823. The second-order valence-electron chi connectivity index (χ2n) is 5.37. The molecule has 0 spiro atoms. The molecule has 1 fully saturated rings. The fourth-order valence-electron chi connectivity index (χ4n) is 3.56. The molecule has 0 amide bonds. The predicted molar refractivity (Wildman–Crippen MR) is 72.0 cm³/mol. The number of benzene rings is 1. The maximum Gasteiger partial charge on any atom is 0.0464 e. The van der Waals surface area contributed by atoms with Crippen LogP contribution in [0.3, 0.4) is 0 Å². The smallest absolute Gasteiger partial charge is 0.0464 e. The standard InChI is InChI=1S/C16H17N/c1-2-6-12-11(5-1)9-10-14-13-7-3-4-8-15(13)17-16(12)14/h3-4,7-8,10-11,17H,1-2,5-6,9H2. The molecule has 1 nitrogen and oxygen atoms in total. The van der Waals surface area contributed by atoms with Crippen molar-refractivity contribution in [1.29, 1.82) is 0 Å². The molecule has 1 aromatic heterocycles. The van der Waals surface area contributed by atoms with Crippen LogP contribution in [0.15, 0.2) is 24.3 Å². The van der Waals surface area contributed by atoms with E-state index in [1.807, 2.05) is 0 Å². The highest BCUT2D eigenvalue weighted by molar-refractivity contribution is 5.82. The van der Waals surface area contributed by atoms with Gasteiger partial charge in [-0.3, -0.25) is 0 Å². The van der Waals surface area contributed by atoms with Crippen molar-refractivity contribution in [3.8, 4) is 0 Å². The maximum absolute atomic E-state index is 3.65. The number of hydrogen-bond donors (Lipinski definition) is 1. The van der Waals surface area contributed by atoms with Crippen LogP contribution in [0, 0.1) is 5.92 Å². The lowest BCUT2D eigenvalue weighted by Crippen LogP contribution is -2.33. The summed E-state index contributed by atoms with van der Waals surface area (Å²) in [7, 11) is 0. The summed E-state index contributed by atoms with van der Waals surface area (Å²) in [6, 6.07) is 8.69. The van der Waals surface area contributed by atoms with Crippen LogP contribution in [0.5, 0.6) is 0 Å². The van der Waals surface area contributed by atoms with Gasteiger partial charge in [-0.05, 0) is 43.2 Å². The van der Waals surface area contributed by atoms with Gasteiger partial charge in [-0.25, -0.2) is 0 Å². The molecule has 0 aliphatic heterocycles. The number of fused-ring (bicyclic) bond motifs is 4. The Morgan fingerprint density at radius 3 is 3.06 bits per heavy atom. The average Bonchev–Trinajstić information content (AvgIpc) is 2.78. The summed E-state index contributed by atoms with van der Waals surface area (Å²) in [5, 5.41) is 4.31. The highest BCUT2D eigenvalue weighted by Crippen LogP contribution is 2.33. The van der Waals surface area contributed by atoms with Gasteiger partial charge < -0.3 is 4.98 Å². The lowest BCUT2D eigenvalue weighted by atomic mass is 9.80. The van der Waals surface area contributed by atoms with Crippen molar-refractivity contribution >= 4 is 22.6 Å². The van der Waals surface area contributed by atoms with E-state index in [4.69, 9.17) is 0 Å². The monoisotopic (exact) mass is 223 g/mol. The summed E-state index contributed by atoms with van der Waals surface area (Å²) in [6.07, 6.45) is 9.19. The van der Waals surface area contributed by atoms with Crippen LogP contribution in [0.4, 0.5) is 0 Å². The van der Waals surface area contributed by atoms with E-state index in [0.717, 1.165) is 5.92 Å². The molecule has 1 heteroatoms. The molecule has 1 unspecified atom stereocenters. The van der Waals surface area contributed by atoms with E-state index in [-0.39, 0.29) is 0 Å². The van der Waals surface area contributed by atoms with Gasteiger partial charge in [-0.1, -0.05) is 30.7 Å². The molecule has 86 valence electrons. The number of hydrogen-bond acceptors (Lipinski definition) is 0. The molecule has 2 aromatic rings. The van der Waals surface area contributed by atoms with Crippen molar-refractivity contribution in [2.45, 2.75) is 32.1 Å². The lowest BCUT2D eigenvalue weighted by Gasteiger charge is -2.25. The molecule has 0 bridgehead atoms. The summed E-state index contributed by atoms with van der Waals surface area (Å²) in [4.78, 5) is 3.65. The number of H-pyrrole nitrogens is 1. The fourth-order valence-corrected chi connectivity index (χ4v) is 3.56. The van der Waals surface area contributed by atoms with Crippen LogP contribution in [0.25, 0.3) is 22.6 Å². The van der Waals surface area contributed by atoms with Gasteiger partial charge in [0.15, 0.2) is 0 Å². The van der Waals surface area contributed by atoms with Gasteiger partial charge in [0.2, 0.25) is 0 Å². The zero-order chi connectivity index (χ0) is 11.2. The van der Waals surface area contributed by atoms with Crippen LogP contribution in [-0.2, 0) is 0 Å². The molecule has 1 N–H and O–H groups in total. The topological polar surface area (TPSA) is 15.8 Å². The number of rotatable bonds is 0. The van der Waals surface area contributed by atoms with Crippen molar-refractivity contribution in [2.75, 3.05) is 0 Å². The second kappa shape index (κ2) is 3.49. The Labute approximate surface area is 101 Å². The summed E-state index contributed by atoms with van der Waals surface area (Å²) in [5.41, 5.74) is 3.00. The molecule has 2 aliphatic rings.